The predicted molar refractivity (Wildman–Crippen MR) is 89.4 cm³/mol. The number of amides is 1. The molecule has 25 heavy (non-hydrogen) atoms. The summed E-state index contributed by atoms with van der Waals surface area (Å²) in [6, 6.07) is 9.57. The first kappa shape index (κ1) is 18.8. The van der Waals surface area contributed by atoms with Gasteiger partial charge in [-0.2, -0.15) is 13.2 Å². The second-order valence-corrected chi connectivity index (χ2v) is 6.29. The molecule has 0 spiro atoms. The van der Waals surface area contributed by atoms with Crippen LogP contribution in [0.1, 0.15) is 46.8 Å². The second-order valence-electron chi connectivity index (χ2n) is 6.29. The van der Waals surface area contributed by atoms with Crippen molar-refractivity contribution in [2.45, 2.75) is 32.5 Å². The van der Waals surface area contributed by atoms with Gasteiger partial charge < -0.3 is 10.0 Å². The van der Waals surface area contributed by atoms with Gasteiger partial charge in [0.15, 0.2) is 0 Å². The van der Waals surface area contributed by atoms with Gasteiger partial charge in [-0.15, -0.1) is 0 Å². The van der Waals surface area contributed by atoms with E-state index >= 15 is 0 Å². The highest BCUT2D eigenvalue weighted by molar-refractivity contribution is 5.96. The Labute approximate surface area is 144 Å². The number of phenols is 1. The van der Waals surface area contributed by atoms with Crippen LogP contribution in [0.25, 0.3) is 0 Å². The van der Waals surface area contributed by atoms with E-state index in [0.29, 0.717) is 5.56 Å². The van der Waals surface area contributed by atoms with E-state index in [1.54, 1.807) is 18.2 Å². The molecule has 0 heterocycles. The molecule has 0 aliphatic rings. The van der Waals surface area contributed by atoms with E-state index in [-0.39, 0.29) is 23.8 Å². The molecule has 134 valence electrons. The molecule has 6 heteroatoms. The van der Waals surface area contributed by atoms with Crippen LogP contribution >= 0.6 is 0 Å². The highest BCUT2D eigenvalue weighted by Gasteiger charge is 2.30. The average molecular weight is 351 g/mol. The molecule has 0 radical (unpaired) electrons. The van der Waals surface area contributed by atoms with Crippen LogP contribution in [0.3, 0.4) is 0 Å². The zero-order valence-corrected chi connectivity index (χ0v) is 14.3. The Kier molecular flexibility index (Phi) is 5.40. The first-order valence-corrected chi connectivity index (χ1v) is 7.84. The summed E-state index contributed by atoms with van der Waals surface area (Å²) in [6.45, 7) is 4.10. The Morgan fingerprint density at radius 3 is 2.20 bits per heavy atom. The predicted octanol–water partition coefficient (Wildman–Crippen LogP) is 4.81. The number of hydrogen-bond donors (Lipinski definition) is 1. The Morgan fingerprint density at radius 2 is 1.72 bits per heavy atom. The highest BCUT2D eigenvalue weighted by atomic mass is 19.4. The molecule has 0 atom stereocenters. The van der Waals surface area contributed by atoms with Gasteiger partial charge in [-0.25, -0.2) is 0 Å². The van der Waals surface area contributed by atoms with E-state index in [0.717, 1.165) is 17.7 Å². The van der Waals surface area contributed by atoms with Gasteiger partial charge in [-0.3, -0.25) is 4.79 Å². The summed E-state index contributed by atoms with van der Waals surface area (Å²) in [6.07, 6.45) is -4.38. The summed E-state index contributed by atoms with van der Waals surface area (Å²) in [5.74, 6) is -0.275. The van der Waals surface area contributed by atoms with Gasteiger partial charge in [0, 0.05) is 13.6 Å². The van der Waals surface area contributed by atoms with Crippen molar-refractivity contribution in [3.63, 3.8) is 0 Å². The van der Waals surface area contributed by atoms with Crippen LogP contribution in [0, 0.1) is 0 Å². The van der Waals surface area contributed by atoms with Gasteiger partial charge in [0.25, 0.3) is 5.91 Å². The SMILES string of the molecule is CC(C)c1ccc(C(=O)N(C)Cc2ccc(C(F)(F)F)cc2)c(O)c1. The Hall–Kier alpha value is -2.50. The summed E-state index contributed by atoms with van der Waals surface area (Å²) < 4.78 is 37.7. The molecule has 0 bridgehead atoms. The zero-order valence-electron chi connectivity index (χ0n) is 14.3. The van der Waals surface area contributed by atoms with Gasteiger partial charge >= 0.3 is 6.18 Å². The number of benzene rings is 2. The largest absolute Gasteiger partial charge is 0.507 e. The minimum Gasteiger partial charge on any atom is -0.507 e. The molecule has 2 rings (SSSR count). The lowest BCUT2D eigenvalue weighted by Crippen LogP contribution is -2.26. The van der Waals surface area contributed by atoms with Crippen molar-refractivity contribution in [2.75, 3.05) is 7.05 Å². The minimum absolute atomic E-state index is 0.101. The fourth-order valence-corrected chi connectivity index (χ4v) is 2.44. The number of halogens is 3. The zero-order chi connectivity index (χ0) is 18.8. The van der Waals surface area contributed by atoms with Crippen LogP contribution in [0.5, 0.6) is 5.75 Å². The summed E-state index contributed by atoms with van der Waals surface area (Å²) in [4.78, 5) is 13.8. The molecular formula is C19H20F3NO2. The van der Waals surface area contributed by atoms with Crippen molar-refractivity contribution in [1.82, 2.24) is 4.90 Å². The lowest BCUT2D eigenvalue weighted by atomic mass is 10.0. The molecule has 0 aliphatic heterocycles. The molecule has 1 amide bonds. The van der Waals surface area contributed by atoms with Gasteiger partial charge in [-0.05, 0) is 41.3 Å². The van der Waals surface area contributed by atoms with Crippen LogP contribution in [-0.4, -0.2) is 23.0 Å². The third-order valence-corrected chi connectivity index (χ3v) is 3.97. The average Bonchev–Trinajstić information content (AvgIpc) is 2.53. The monoisotopic (exact) mass is 351 g/mol. The van der Waals surface area contributed by atoms with E-state index < -0.39 is 17.6 Å². The topological polar surface area (TPSA) is 40.5 Å². The van der Waals surface area contributed by atoms with Gasteiger partial charge in [0.1, 0.15) is 5.75 Å². The van der Waals surface area contributed by atoms with Crippen molar-refractivity contribution >= 4 is 5.91 Å². The molecule has 0 saturated carbocycles. The van der Waals surface area contributed by atoms with E-state index in [2.05, 4.69) is 0 Å². The normalized spacial score (nSPS) is 11.6. The van der Waals surface area contributed by atoms with Crippen LogP contribution < -0.4 is 0 Å². The summed E-state index contributed by atoms with van der Waals surface area (Å²) >= 11 is 0. The van der Waals surface area contributed by atoms with Crippen molar-refractivity contribution in [3.05, 3.63) is 64.7 Å². The third kappa shape index (κ3) is 4.53. The maximum absolute atomic E-state index is 12.6. The molecule has 0 aliphatic carbocycles. The van der Waals surface area contributed by atoms with Gasteiger partial charge in [0.05, 0.1) is 11.1 Å². The van der Waals surface area contributed by atoms with Crippen molar-refractivity contribution < 1.29 is 23.1 Å². The smallest absolute Gasteiger partial charge is 0.416 e. The number of carbonyl (C=O) groups is 1. The number of aromatic hydroxyl groups is 1. The van der Waals surface area contributed by atoms with E-state index in [1.165, 1.54) is 24.1 Å². The van der Waals surface area contributed by atoms with E-state index in [4.69, 9.17) is 0 Å². The third-order valence-electron chi connectivity index (χ3n) is 3.97. The molecule has 1 N–H and O–H groups in total. The first-order valence-electron chi connectivity index (χ1n) is 7.84. The molecular weight excluding hydrogens is 331 g/mol. The van der Waals surface area contributed by atoms with Crippen LogP contribution in [0.4, 0.5) is 13.2 Å². The lowest BCUT2D eigenvalue weighted by molar-refractivity contribution is -0.137. The number of rotatable bonds is 4. The highest BCUT2D eigenvalue weighted by Crippen LogP contribution is 2.29. The van der Waals surface area contributed by atoms with Crippen LogP contribution in [0.15, 0.2) is 42.5 Å². The maximum Gasteiger partial charge on any atom is 0.416 e. The van der Waals surface area contributed by atoms with Crippen LogP contribution in [0.2, 0.25) is 0 Å². The minimum atomic E-state index is -4.38. The van der Waals surface area contributed by atoms with Crippen molar-refractivity contribution in [3.8, 4) is 5.75 Å². The van der Waals surface area contributed by atoms with E-state index in [1.807, 2.05) is 13.8 Å². The van der Waals surface area contributed by atoms with Gasteiger partial charge in [0.2, 0.25) is 0 Å². The number of nitrogens with zero attached hydrogens (tertiary/aromatic N) is 1. The number of hydrogen-bond acceptors (Lipinski definition) is 2. The summed E-state index contributed by atoms with van der Waals surface area (Å²) in [7, 11) is 1.54. The molecule has 3 nitrogen and oxygen atoms in total. The van der Waals surface area contributed by atoms with Crippen LogP contribution in [-0.2, 0) is 12.7 Å². The number of phenolic OH excluding ortho intramolecular Hbond substituents is 1. The molecule has 0 unspecified atom stereocenters. The van der Waals surface area contributed by atoms with Gasteiger partial charge in [-0.1, -0.05) is 32.0 Å². The van der Waals surface area contributed by atoms with Crippen molar-refractivity contribution in [1.29, 1.82) is 0 Å². The van der Waals surface area contributed by atoms with E-state index in [9.17, 15) is 23.1 Å². The van der Waals surface area contributed by atoms with Crippen molar-refractivity contribution in [2.24, 2.45) is 0 Å². The first-order chi connectivity index (χ1) is 11.6. The summed E-state index contributed by atoms with van der Waals surface area (Å²) in [5.41, 5.74) is 0.924. The standard InChI is InChI=1S/C19H20F3NO2/c1-12(2)14-6-9-16(17(24)10-14)18(25)23(3)11-13-4-7-15(8-5-13)19(20,21)22/h4-10,12,24H,11H2,1-3H3. The quantitative estimate of drug-likeness (QED) is 0.859. The molecule has 2 aromatic carbocycles. The number of carbonyl (C=O) groups excluding carboxylic acids is 1. The fraction of sp³-hybridized carbons (Fsp3) is 0.316. The Morgan fingerprint density at radius 1 is 1.12 bits per heavy atom. The molecule has 2 aromatic rings. The fourth-order valence-electron chi connectivity index (χ4n) is 2.44. The second kappa shape index (κ2) is 7.17. The Balaban J connectivity index is 2.13. The lowest BCUT2D eigenvalue weighted by Gasteiger charge is -2.19. The molecule has 0 saturated heterocycles. The molecule has 0 fully saturated rings. The Bertz CT molecular complexity index is 752. The molecule has 0 aromatic heterocycles. The number of alkyl halides is 3. The summed E-state index contributed by atoms with van der Waals surface area (Å²) in [5, 5.41) is 10.1. The maximum atomic E-state index is 12.6.